The van der Waals surface area contributed by atoms with Crippen LogP contribution in [0.25, 0.3) is 0 Å². The van der Waals surface area contributed by atoms with E-state index in [2.05, 4.69) is 49.9 Å². The van der Waals surface area contributed by atoms with Gasteiger partial charge in [0.25, 0.3) is 0 Å². The summed E-state index contributed by atoms with van der Waals surface area (Å²) in [5, 5.41) is 0. The molecule has 2 heterocycles. The fourth-order valence-electron chi connectivity index (χ4n) is 4.36. The zero-order valence-corrected chi connectivity index (χ0v) is 19.7. The SMILES string of the molecule is CC(C)(C)c1ccc(C2(CCCN3CCOCC3)OCC(COc3ccccc3)O2)cc1. The molecule has 2 aliphatic rings. The summed E-state index contributed by atoms with van der Waals surface area (Å²) in [4.78, 5) is 2.46. The van der Waals surface area contributed by atoms with E-state index in [4.69, 9.17) is 18.9 Å². The molecular formula is C27H37NO4. The van der Waals surface area contributed by atoms with Gasteiger partial charge in [-0.25, -0.2) is 0 Å². The van der Waals surface area contributed by atoms with E-state index in [-0.39, 0.29) is 11.5 Å². The Labute approximate surface area is 192 Å². The van der Waals surface area contributed by atoms with Crippen molar-refractivity contribution in [1.82, 2.24) is 4.90 Å². The summed E-state index contributed by atoms with van der Waals surface area (Å²) in [6.07, 6.45) is 1.73. The minimum Gasteiger partial charge on any atom is -0.491 e. The maximum atomic E-state index is 6.58. The number of para-hydroxylation sites is 1. The van der Waals surface area contributed by atoms with Gasteiger partial charge >= 0.3 is 0 Å². The molecule has 0 spiro atoms. The molecule has 0 aromatic heterocycles. The number of hydrogen-bond acceptors (Lipinski definition) is 5. The number of hydrogen-bond donors (Lipinski definition) is 0. The summed E-state index contributed by atoms with van der Waals surface area (Å²) in [5.41, 5.74) is 2.52. The van der Waals surface area contributed by atoms with Crippen LogP contribution in [0.4, 0.5) is 0 Å². The molecule has 2 fully saturated rings. The molecule has 0 radical (unpaired) electrons. The highest BCUT2D eigenvalue weighted by atomic mass is 16.8. The summed E-state index contributed by atoms with van der Waals surface area (Å²) >= 11 is 0. The van der Waals surface area contributed by atoms with Gasteiger partial charge in [-0.05, 0) is 36.1 Å². The number of benzene rings is 2. The van der Waals surface area contributed by atoms with E-state index >= 15 is 0 Å². The van der Waals surface area contributed by atoms with Gasteiger partial charge in [-0.15, -0.1) is 0 Å². The number of ether oxygens (including phenoxy) is 4. The van der Waals surface area contributed by atoms with Crippen LogP contribution in [0.1, 0.15) is 44.7 Å². The molecule has 0 aliphatic carbocycles. The van der Waals surface area contributed by atoms with Crippen molar-refractivity contribution in [3.05, 3.63) is 65.7 Å². The van der Waals surface area contributed by atoms with Gasteiger partial charge in [-0.2, -0.15) is 0 Å². The lowest BCUT2D eigenvalue weighted by Gasteiger charge is -2.32. The minimum absolute atomic E-state index is 0.0964. The first-order valence-electron chi connectivity index (χ1n) is 11.9. The van der Waals surface area contributed by atoms with Gasteiger partial charge < -0.3 is 18.9 Å². The van der Waals surface area contributed by atoms with E-state index in [1.807, 2.05) is 30.3 Å². The standard InChI is InChI=1S/C27H37NO4/c1-26(2,3)22-10-12-23(13-11-22)27(14-7-15-28-16-18-29-19-17-28)31-21-25(32-27)20-30-24-8-5-4-6-9-24/h4-6,8-13,25H,7,14-21H2,1-3H3. The quantitative estimate of drug-likeness (QED) is 0.594. The zero-order valence-electron chi connectivity index (χ0n) is 19.7. The van der Waals surface area contributed by atoms with E-state index < -0.39 is 5.79 Å². The Morgan fingerprint density at radius 3 is 2.41 bits per heavy atom. The first-order chi connectivity index (χ1) is 15.4. The van der Waals surface area contributed by atoms with Crippen LogP contribution in [0.2, 0.25) is 0 Å². The Bertz CT molecular complexity index is 827. The maximum absolute atomic E-state index is 6.58. The maximum Gasteiger partial charge on any atom is 0.195 e. The molecule has 32 heavy (non-hydrogen) atoms. The monoisotopic (exact) mass is 439 g/mol. The summed E-state index contributed by atoms with van der Waals surface area (Å²) in [6.45, 7) is 12.4. The van der Waals surface area contributed by atoms with Gasteiger partial charge in [0.2, 0.25) is 0 Å². The Morgan fingerprint density at radius 1 is 1.00 bits per heavy atom. The van der Waals surface area contributed by atoms with E-state index in [0.29, 0.717) is 13.2 Å². The Morgan fingerprint density at radius 2 is 1.72 bits per heavy atom. The highest BCUT2D eigenvalue weighted by Crippen LogP contribution is 2.39. The third-order valence-electron chi connectivity index (χ3n) is 6.31. The molecule has 0 saturated carbocycles. The molecule has 2 aromatic rings. The molecule has 174 valence electrons. The van der Waals surface area contributed by atoms with E-state index in [9.17, 15) is 0 Å². The topological polar surface area (TPSA) is 40.2 Å². The summed E-state index contributed by atoms with van der Waals surface area (Å²) in [6, 6.07) is 18.7. The molecule has 2 aliphatic heterocycles. The third kappa shape index (κ3) is 5.90. The van der Waals surface area contributed by atoms with E-state index in [1.165, 1.54) is 5.56 Å². The van der Waals surface area contributed by atoms with E-state index in [1.54, 1.807) is 0 Å². The van der Waals surface area contributed by atoms with Gasteiger partial charge in [-0.1, -0.05) is 63.2 Å². The lowest BCUT2D eigenvalue weighted by atomic mass is 9.86. The molecule has 2 saturated heterocycles. The van der Waals surface area contributed by atoms with Crippen LogP contribution >= 0.6 is 0 Å². The molecule has 4 rings (SSSR count). The molecule has 2 atom stereocenters. The van der Waals surface area contributed by atoms with Crippen molar-refractivity contribution >= 4 is 0 Å². The van der Waals surface area contributed by atoms with Crippen LogP contribution < -0.4 is 4.74 Å². The van der Waals surface area contributed by atoms with E-state index in [0.717, 1.165) is 57.0 Å². The van der Waals surface area contributed by atoms with Gasteiger partial charge in [0.15, 0.2) is 5.79 Å². The second-order valence-electron chi connectivity index (χ2n) is 9.81. The van der Waals surface area contributed by atoms with Crippen LogP contribution in [-0.4, -0.2) is 57.1 Å². The van der Waals surface area contributed by atoms with Crippen LogP contribution in [-0.2, 0) is 25.4 Å². The van der Waals surface area contributed by atoms with Gasteiger partial charge in [0, 0.05) is 25.1 Å². The molecule has 0 amide bonds. The van der Waals surface area contributed by atoms with Crippen LogP contribution in [0.3, 0.4) is 0 Å². The Kier molecular flexibility index (Phi) is 7.51. The molecule has 0 N–H and O–H groups in total. The summed E-state index contributed by atoms with van der Waals surface area (Å²) in [5.74, 6) is 0.142. The highest BCUT2D eigenvalue weighted by Gasteiger charge is 2.43. The first-order valence-corrected chi connectivity index (χ1v) is 11.9. The predicted molar refractivity (Wildman–Crippen MR) is 126 cm³/mol. The second kappa shape index (κ2) is 10.3. The number of rotatable bonds is 8. The van der Waals surface area contributed by atoms with Crippen molar-refractivity contribution in [3.63, 3.8) is 0 Å². The molecule has 2 aromatic carbocycles. The fourth-order valence-corrected chi connectivity index (χ4v) is 4.36. The van der Waals surface area contributed by atoms with Gasteiger partial charge in [0.05, 0.1) is 19.8 Å². The Balaban J connectivity index is 1.44. The first kappa shape index (κ1) is 23.2. The van der Waals surface area contributed by atoms with Crippen molar-refractivity contribution in [2.75, 3.05) is 46.1 Å². The largest absolute Gasteiger partial charge is 0.491 e. The van der Waals surface area contributed by atoms with Crippen LogP contribution in [0.15, 0.2) is 54.6 Å². The van der Waals surface area contributed by atoms with Crippen LogP contribution in [0, 0.1) is 0 Å². The molecular weight excluding hydrogens is 402 g/mol. The summed E-state index contributed by atoms with van der Waals surface area (Å²) in [7, 11) is 0. The molecule has 0 bridgehead atoms. The van der Waals surface area contributed by atoms with Crippen molar-refractivity contribution in [2.45, 2.75) is 50.9 Å². The van der Waals surface area contributed by atoms with Crippen molar-refractivity contribution in [2.24, 2.45) is 0 Å². The minimum atomic E-state index is -0.715. The average Bonchev–Trinajstić information content (AvgIpc) is 3.23. The fraction of sp³-hybridized carbons (Fsp3) is 0.556. The van der Waals surface area contributed by atoms with Crippen molar-refractivity contribution < 1.29 is 18.9 Å². The highest BCUT2D eigenvalue weighted by molar-refractivity contribution is 5.30. The third-order valence-corrected chi connectivity index (χ3v) is 6.31. The van der Waals surface area contributed by atoms with Crippen molar-refractivity contribution in [3.8, 4) is 5.75 Å². The normalized spacial score (nSPS) is 24.5. The van der Waals surface area contributed by atoms with Crippen LogP contribution in [0.5, 0.6) is 5.75 Å². The lowest BCUT2D eigenvalue weighted by Crippen LogP contribution is -2.38. The van der Waals surface area contributed by atoms with Crippen molar-refractivity contribution in [1.29, 1.82) is 0 Å². The number of nitrogens with zero attached hydrogens (tertiary/aromatic N) is 1. The predicted octanol–water partition coefficient (Wildman–Crippen LogP) is 4.74. The second-order valence-corrected chi connectivity index (χ2v) is 9.81. The zero-order chi connectivity index (χ0) is 22.4. The summed E-state index contributed by atoms with van der Waals surface area (Å²) < 4.78 is 24.4. The lowest BCUT2D eigenvalue weighted by molar-refractivity contribution is -0.185. The Hall–Kier alpha value is -1.92. The number of morpholine rings is 1. The smallest absolute Gasteiger partial charge is 0.195 e. The average molecular weight is 440 g/mol. The van der Waals surface area contributed by atoms with Gasteiger partial charge in [0.1, 0.15) is 18.5 Å². The molecule has 5 heteroatoms. The van der Waals surface area contributed by atoms with Gasteiger partial charge in [-0.3, -0.25) is 4.90 Å². The molecule has 2 unspecified atom stereocenters. The molecule has 5 nitrogen and oxygen atoms in total.